The van der Waals surface area contributed by atoms with Crippen molar-refractivity contribution in [3.8, 4) is 0 Å². The van der Waals surface area contributed by atoms with Crippen LogP contribution in [0.3, 0.4) is 0 Å². The van der Waals surface area contributed by atoms with E-state index in [-0.39, 0.29) is 42.5 Å². The first kappa shape index (κ1) is 41.9. The van der Waals surface area contributed by atoms with Gasteiger partial charge in [0.05, 0.1) is 18.6 Å². The van der Waals surface area contributed by atoms with Gasteiger partial charge in [-0.05, 0) is 44.6 Å². The maximum Gasteiger partial charge on any atom is 0.408 e. The second-order valence-electron chi connectivity index (χ2n) is 14.0. The molecule has 1 aromatic carbocycles. The van der Waals surface area contributed by atoms with E-state index in [4.69, 9.17) is 23.7 Å². The molecule has 0 bridgehead atoms. The third kappa shape index (κ3) is 12.5. The third-order valence-corrected chi connectivity index (χ3v) is 8.87. The van der Waals surface area contributed by atoms with Crippen LogP contribution in [-0.4, -0.2) is 118 Å². The largest absolute Gasteiger partial charge is 0.444 e. The van der Waals surface area contributed by atoms with Gasteiger partial charge in [-0.1, -0.05) is 64.4 Å². The molecule has 49 heavy (non-hydrogen) atoms. The van der Waals surface area contributed by atoms with Gasteiger partial charge >= 0.3 is 6.09 Å². The van der Waals surface area contributed by atoms with Gasteiger partial charge in [-0.3, -0.25) is 14.4 Å². The number of hydrogen-bond donors (Lipinski definition) is 3. The van der Waals surface area contributed by atoms with E-state index >= 15 is 0 Å². The molecule has 1 fully saturated rings. The average Bonchev–Trinajstić information content (AvgIpc) is 3.42. The molecule has 13 nitrogen and oxygen atoms in total. The first-order valence-electron chi connectivity index (χ1n) is 17.2. The Labute approximate surface area is 292 Å². The molecular weight excluding hydrogens is 632 g/mol. The molecule has 4 amide bonds. The van der Waals surface area contributed by atoms with Crippen molar-refractivity contribution in [2.45, 2.75) is 116 Å². The molecule has 1 heterocycles. The Kier molecular flexibility index (Phi) is 16.9. The predicted octanol–water partition coefficient (Wildman–Crippen LogP) is 3.09. The molecule has 0 saturated carbocycles. The summed E-state index contributed by atoms with van der Waals surface area (Å²) in [6.45, 7) is 13.5. The Morgan fingerprint density at radius 1 is 0.959 bits per heavy atom. The van der Waals surface area contributed by atoms with Crippen molar-refractivity contribution < 1.29 is 42.9 Å². The van der Waals surface area contributed by atoms with E-state index in [1.54, 1.807) is 32.7 Å². The number of hydrogen-bond acceptors (Lipinski definition) is 9. The molecule has 0 aliphatic carbocycles. The van der Waals surface area contributed by atoms with Crippen LogP contribution in [0.15, 0.2) is 30.3 Å². The molecule has 1 aliphatic rings. The van der Waals surface area contributed by atoms with Gasteiger partial charge in [0.15, 0.2) is 6.10 Å². The van der Waals surface area contributed by atoms with Gasteiger partial charge in [0.25, 0.3) is 5.91 Å². The summed E-state index contributed by atoms with van der Waals surface area (Å²) in [7, 11) is 6.18. The van der Waals surface area contributed by atoms with Gasteiger partial charge < -0.3 is 44.5 Å². The Hall–Kier alpha value is -3.26. The van der Waals surface area contributed by atoms with Crippen molar-refractivity contribution in [1.29, 1.82) is 0 Å². The lowest BCUT2D eigenvalue weighted by molar-refractivity contribution is -0.142. The molecule has 0 radical (unpaired) electrons. The first-order valence-corrected chi connectivity index (χ1v) is 17.2. The number of alkyl carbamates (subject to hydrolysis) is 1. The zero-order chi connectivity index (χ0) is 36.9. The van der Waals surface area contributed by atoms with Crippen LogP contribution in [0.1, 0.15) is 66.9 Å². The minimum absolute atomic E-state index is 0.0410. The van der Waals surface area contributed by atoms with Crippen molar-refractivity contribution >= 4 is 23.8 Å². The molecule has 8 atom stereocenters. The summed E-state index contributed by atoms with van der Waals surface area (Å²) < 4.78 is 28.6. The van der Waals surface area contributed by atoms with Gasteiger partial charge in [0.2, 0.25) is 11.8 Å². The average molecular weight is 693 g/mol. The van der Waals surface area contributed by atoms with Crippen LogP contribution in [0.4, 0.5) is 4.79 Å². The smallest absolute Gasteiger partial charge is 0.408 e. The molecule has 2 rings (SSSR count). The zero-order valence-corrected chi connectivity index (χ0v) is 31.2. The Balaban J connectivity index is 2.08. The molecule has 1 saturated heterocycles. The highest BCUT2D eigenvalue weighted by Gasteiger charge is 2.48. The lowest BCUT2D eigenvalue weighted by Crippen LogP contribution is -2.57. The van der Waals surface area contributed by atoms with E-state index < -0.39 is 54.3 Å². The number of benzene rings is 1. The van der Waals surface area contributed by atoms with E-state index in [9.17, 15) is 19.2 Å². The summed E-state index contributed by atoms with van der Waals surface area (Å²) >= 11 is 0. The minimum atomic E-state index is -0.919. The van der Waals surface area contributed by atoms with Crippen LogP contribution in [0.25, 0.3) is 0 Å². The van der Waals surface area contributed by atoms with Gasteiger partial charge in [-0.15, -0.1) is 0 Å². The van der Waals surface area contributed by atoms with Crippen molar-refractivity contribution in [1.82, 2.24) is 20.9 Å². The van der Waals surface area contributed by atoms with Gasteiger partial charge in [-0.25, -0.2) is 4.79 Å². The van der Waals surface area contributed by atoms with Crippen LogP contribution in [0.5, 0.6) is 0 Å². The van der Waals surface area contributed by atoms with Crippen molar-refractivity contribution in [2.24, 2.45) is 11.8 Å². The number of amides is 4. The van der Waals surface area contributed by atoms with Crippen molar-refractivity contribution in [3.05, 3.63) is 35.9 Å². The van der Waals surface area contributed by atoms with Crippen LogP contribution < -0.4 is 16.0 Å². The van der Waals surface area contributed by atoms with E-state index in [1.807, 2.05) is 58.0 Å². The quantitative estimate of drug-likeness (QED) is 0.211. The molecule has 0 spiro atoms. The number of likely N-dealkylation sites (N-methyl/N-ethyl adjacent to an activating group) is 1. The minimum Gasteiger partial charge on any atom is -0.444 e. The summed E-state index contributed by atoms with van der Waals surface area (Å²) in [6.07, 6.45) is -2.84. The topological polar surface area (TPSA) is 154 Å². The highest BCUT2D eigenvalue weighted by atomic mass is 16.6. The number of carbonyl (C=O) groups is 4. The number of carbonyl (C=O) groups excluding carboxylic acids is 4. The van der Waals surface area contributed by atoms with Gasteiger partial charge in [0.1, 0.15) is 30.0 Å². The molecule has 0 unspecified atom stereocenters. The summed E-state index contributed by atoms with van der Waals surface area (Å²) in [4.78, 5) is 54.4. The SMILES string of the molecule is CC[C@H](C)[C@@H]([C@@H](CC(=O)NC[C@H]1O[C@H](C(=O)NCCc2ccccc2)[C@@H](OC)[C@@H]1OC)OC)N(C)C(=O)[C@@H](NC(=O)OC(C)(C)C)C(C)C. The van der Waals surface area contributed by atoms with Crippen molar-refractivity contribution in [2.75, 3.05) is 41.5 Å². The number of nitrogens with one attached hydrogen (secondary N) is 3. The fourth-order valence-corrected chi connectivity index (χ4v) is 6.09. The maximum atomic E-state index is 13.8. The fraction of sp³-hybridized carbons (Fsp3) is 0.722. The molecule has 3 N–H and O–H groups in total. The van der Waals surface area contributed by atoms with E-state index in [0.29, 0.717) is 19.4 Å². The second-order valence-corrected chi connectivity index (χ2v) is 14.0. The van der Waals surface area contributed by atoms with E-state index in [0.717, 1.165) is 5.56 Å². The Bertz CT molecular complexity index is 1190. The molecule has 1 aliphatic heterocycles. The normalized spacial score (nSPS) is 21.7. The predicted molar refractivity (Wildman–Crippen MR) is 186 cm³/mol. The van der Waals surface area contributed by atoms with Crippen molar-refractivity contribution in [3.63, 3.8) is 0 Å². The van der Waals surface area contributed by atoms with Gasteiger partial charge in [0, 0.05) is 41.5 Å². The summed E-state index contributed by atoms with van der Waals surface area (Å²) in [5.41, 5.74) is 0.382. The standard InChI is InChI=1S/C36H60N4O9/c1-12-23(4)29(40(8)34(43)28(22(2)3)39-35(44)49-36(5,6)7)25(45-9)20-27(41)38-21-26-30(46-10)31(47-11)32(48-26)33(42)37-19-18-24-16-14-13-15-17-24/h13-17,22-23,25-26,28-32H,12,18-21H2,1-11H3,(H,37,42)(H,38,41)(H,39,44)/t23-,25+,26+,28-,29-,30+,31-,32-/m0/s1. The zero-order valence-electron chi connectivity index (χ0n) is 31.2. The molecule has 0 aromatic heterocycles. The fourth-order valence-electron chi connectivity index (χ4n) is 6.09. The summed E-state index contributed by atoms with van der Waals surface area (Å²) in [5, 5.41) is 8.55. The Morgan fingerprint density at radius 2 is 1.59 bits per heavy atom. The number of ether oxygens (including phenoxy) is 5. The summed E-state index contributed by atoms with van der Waals surface area (Å²) in [5.74, 6) is -1.22. The third-order valence-electron chi connectivity index (χ3n) is 8.87. The highest BCUT2D eigenvalue weighted by molar-refractivity contribution is 5.86. The summed E-state index contributed by atoms with van der Waals surface area (Å²) in [6, 6.07) is 8.51. The molecule has 13 heteroatoms. The van der Waals surface area contributed by atoms with E-state index in [1.165, 1.54) is 21.3 Å². The second kappa shape index (κ2) is 19.8. The number of nitrogens with zero attached hydrogens (tertiary/aromatic N) is 1. The van der Waals surface area contributed by atoms with E-state index in [2.05, 4.69) is 16.0 Å². The molecule has 1 aromatic rings. The lowest BCUT2D eigenvalue weighted by Gasteiger charge is -2.39. The maximum absolute atomic E-state index is 13.8. The molecular formula is C36H60N4O9. The van der Waals surface area contributed by atoms with Crippen LogP contribution in [0.2, 0.25) is 0 Å². The van der Waals surface area contributed by atoms with Crippen LogP contribution in [-0.2, 0) is 44.5 Å². The van der Waals surface area contributed by atoms with Crippen LogP contribution in [0, 0.1) is 11.8 Å². The number of methoxy groups -OCH3 is 3. The van der Waals surface area contributed by atoms with Crippen LogP contribution >= 0.6 is 0 Å². The highest BCUT2D eigenvalue weighted by Crippen LogP contribution is 2.27. The lowest BCUT2D eigenvalue weighted by atomic mass is 9.90. The first-order chi connectivity index (χ1) is 23.1. The number of rotatable bonds is 18. The monoisotopic (exact) mass is 692 g/mol. The molecule has 278 valence electrons. The Morgan fingerprint density at radius 3 is 2.12 bits per heavy atom. The van der Waals surface area contributed by atoms with Gasteiger partial charge in [-0.2, -0.15) is 0 Å².